The molecule has 9 heteroatoms. The summed E-state index contributed by atoms with van der Waals surface area (Å²) in [5.41, 5.74) is -0.0499. The number of hydrogen-bond donors (Lipinski definition) is 0. The number of fused-ring (bicyclic) bond motifs is 2. The van der Waals surface area contributed by atoms with E-state index in [1.165, 1.54) is 0 Å². The predicted octanol–water partition coefficient (Wildman–Crippen LogP) is 4.71. The van der Waals surface area contributed by atoms with Gasteiger partial charge >= 0.3 is 7.12 Å². The molecular weight excluding hydrogens is 451 g/mol. The van der Waals surface area contributed by atoms with Gasteiger partial charge in [-0.25, -0.2) is 0 Å². The highest BCUT2D eigenvalue weighted by Gasteiger charge is 2.54. The van der Waals surface area contributed by atoms with Crippen LogP contribution in [0.4, 0.5) is 0 Å². The van der Waals surface area contributed by atoms with Gasteiger partial charge in [0.25, 0.3) is 0 Å². The van der Waals surface area contributed by atoms with E-state index in [2.05, 4.69) is 13.8 Å². The summed E-state index contributed by atoms with van der Waals surface area (Å²) < 4.78 is 45.1. The fourth-order valence-corrected chi connectivity index (χ4v) is 3.68. The van der Waals surface area contributed by atoms with E-state index < -0.39 is 18.3 Å². The molecule has 1 saturated heterocycles. The van der Waals surface area contributed by atoms with Crippen LogP contribution in [-0.4, -0.2) is 45.1 Å². The van der Waals surface area contributed by atoms with E-state index in [0.717, 1.165) is 47.9 Å². The van der Waals surface area contributed by atoms with Crippen molar-refractivity contribution < 1.29 is 37.7 Å². The molecule has 0 aromatic heterocycles. The average molecular weight is 486 g/mol. The SMILES string of the molecule is CCCOc1ccc2c(c1)OCO2.CCCOc1ccc2c(c1B1OC(C)(C)C(C)(C)O1)OCO2. The maximum Gasteiger partial charge on any atom is 0.502 e. The summed E-state index contributed by atoms with van der Waals surface area (Å²) in [6.07, 6.45) is 1.94. The Morgan fingerprint density at radius 2 is 1.34 bits per heavy atom. The van der Waals surface area contributed by atoms with Crippen molar-refractivity contribution in [2.24, 2.45) is 0 Å². The van der Waals surface area contributed by atoms with Crippen molar-refractivity contribution in [1.82, 2.24) is 0 Å². The molecule has 3 aliphatic heterocycles. The number of ether oxygens (including phenoxy) is 6. The third-order valence-electron chi connectivity index (χ3n) is 6.31. The molecule has 5 rings (SSSR count). The minimum atomic E-state index is -0.534. The molecule has 0 spiro atoms. The Morgan fingerprint density at radius 3 is 2.06 bits per heavy atom. The lowest BCUT2D eigenvalue weighted by atomic mass is 9.77. The van der Waals surface area contributed by atoms with Gasteiger partial charge in [0.2, 0.25) is 13.6 Å². The van der Waals surface area contributed by atoms with Crippen molar-refractivity contribution in [3.05, 3.63) is 30.3 Å². The van der Waals surface area contributed by atoms with Crippen molar-refractivity contribution in [3.8, 4) is 34.5 Å². The van der Waals surface area contributed by atoms with E-state index in [4.69, 9.17) is 37.7 Å². The first kappa shape index (κ1) is 25.3. The molecule has 0 bridgehead atoms. The molecule has 8 nitrogen and oxygen atoms in total. The van der Waals surface area contributed by atoms with E-state index in [1.807, 2.05) is 58.0 Å². The van der Waals surface area contributed by atoms with Crippen molar-refractivity contribution in [3.63, 3.8) is 0 Å². The predicted molar refractivity (Wildman–Crippen MR) is 132 cm³/mol. The van der Waals surface area contributed by atoms with E-state index in [0.29, 0.717) is 24.9 Å². The van der Waals surface area contributed by atoms with E-state index in [9.17, 15) is 0 Å². The van der Waals surface area contributed by atoms with Crippen LogP contribution in [0.1, 0.15) is 54.4 Å². The Labute approximate surface area is 207 Å². The van der Waals surface area contributed by atoms with Gasteiger partial charge < -0.3 is 37.7 Å². The molecule has 2 aromatic rings. The molecule has 1 fully saturated rings. The monoisotopic (exact) mass is 486 g/mol. The van der Waals surface area contributed by atoms with Crippen molar-refractivity contribution in [1.29, 1.82) is 0 Å². The van der Waals surface area contributed by atoms with Crippen LogP contribution in [0.5, 0.6) is 34.5 Å². The van der Waals surface area contributed by atoms with Gasteiger partial charge in [-0.05, 0) is 64.8 Å². The van der Waals surface area contributed by atoms with E-state index in [-0.39, 0.29) is 6.79 Å². The Hall–Kier alpha value is -2.78. The first-order chi connectivity index (χ1) is 16.8. The normalized spacial score (nSPS) is 18.2. The quantitative estimate of drug-likeness (QED) is 0.522. The zero-order chi connectivity index (χ0) is 25.1. The van der Waals surface area contributed by atoms with Gasteiger partial charge in [0, 0.05) is 6.07 Å². The molecule has 0 amide bonds. The van der Waals surface area contributed by atoms with Crippen LogP contribution in [0.15, 0.2) is 30.3 Å². The highest BCUT2D eigenvalue weighted by Crippen LogP contribution is 2.41. The zero-order valence-corrected chi connectivity index (χ0v) is 21.5. The van der Waals surface area contributed by atoms with Gasteiger partial charge in [0.05, 0.1) is 29.9 Å². The molecule has 0 unspecified atom stereocenters. The summed E-state index contributed by atoms with van der Waals surface area (Å²) in [5, 5.41) is 0. The third-order valence-corrected chi connectivity index (χ3v) is 6.31. The molecule has 3 heterocycles. The molecule has 3 aliphatic rings. The second-order valence-corrected chi connectivity index (χ2v) is 9.51. The minimum Gasteiger partial charge on any atom is -0.494 e. The van der Waals surface area contributed by atoms with Crippen LogP contribution in [0.2, 0.25) is 0 Å². The smallest absolute Gasteiger partial charge is 0.494 e. The Kier molecular flexibility index (Phi) is 7.57. The van der Waals surface area contributed by atoms with Gasteiger partial charge in [0.15, 0.2) is 23.0 Å². The summed E-state index contributed by atoms with van der Waals surface area (Å²) in [7, 11) is -0.534. The molecule has 0 saturated carbocycles. The van der Waals surface area contributed by atoms with Gasteiger partial charge in [-0.15, -0.1) is 0 Å². The molecule has 0 N–H and O–H groups in total. The fourth-order valence-electron chi connectivity index (χ4n) is 3.68. The van der Waals surface area contributed by atoms with Crippen LogP contribution >= 0.6 is 0 Å². The first-order valence-electron chi connectivity index (χ1n) is 12.2. The topological polar surface area (TPSA) is 73.8 Å². The van der Waals surface area contributed by atoms with Crippen LogP contribution in [0, 0.1) is 0 Å². The van der Waals surface area contributed by atoms with Crippen molar-refractivity contribution in [2.75, 3.05) is 26.8 Å². The highest BCUT2D eigenvalue weighted by atomic mass is 16.7. The Bertz CT molecular complexity index is 1010. The largest absolute Gasteiger partial charge is 0.502 e. The Balaban J connectivity index is 0.000000189. The first-order valence-corrected chi connectivity index (χ1v) is 12.2. The molecule has 190 valence electrons. The molecular formula is C26H35BO8. The fraction of sp³-hybridized carbons (Fsp3) is 0.538. The summed E-state index contributed by atoms with van der Waals surface area (Å²) >= 11 is 0. The summed E-state index contributed by atoms with van der Waals surface area (Å²) in [5.74, 6) is 4.49. The van der Waals surface area contributed by atoms with Crippen molar-refractivity contribution >= 4 is 12.6 Å². The Morgan fingerprint density at radius 1 is 0.743 bits per heavy atom. The van der Waals surface area contributed by atoms with Gasteiger partial charge in [-0.3, -0.25) is 0 Å². The lowest BCUT2D eigenvalue weighted by molar-refractivity contribution is 0.00578. The standard InChI is InChI=1S/C16H23BO5.C10H12O3/c1-6-9-18-11-7-8-12-14(20-10-19-12)13(11)17-21-15(2,3)16(4,5)22-17;1-2-5-11-8-3-4-9-10(6-8)13-7-12-9/h7-8H,6,9-10H2,1-5H3;3-4,6H,2,5,7H2,1H3. The van der Waals surface area contributed by atoms with Gasteiger partial charge in [-0.2, -0.15) is 0 Å². The van der Waals surface area contributed by atoms with E-state index >= 15 is 0 Å². The maximum absolute atomic E-state index is 6.16. The lowest BCUT2D eigenvalue weighted by Gasteiger charge is -2.32. The lowest BCUT2D eigenvalue weighted by Crippen LogP contribution is -2.41. The molecule has 2 aromatic carbocycles. The van der Waals surface area contributed by atoms with Crippen molar-refractivity contribution in [2.45, 2.75) is 65.6 Å². The second kappa shape index (κ2) is 10.5. The summed E-state index contributed by atoms with van der Waals surface area (Å²) in [6, 6.07) is 9.38. The molecule has 0 aliphatic carbocycles. The average Bonchev–Trinajstić information content (AvgIpc) is 3.53. The molecule has 35 heavy (non-hydrogen) atoms. The van der Waals surface area contributed by atoms with Crippen LogP contribution in [-0.2, 0) is 9.31 Å². The number of benzene rings is 2. The third kappa shape index (κ3) is 5.41. The van der Waals surface area contributed by atoms with Gasteiger partial charge in [-0.1, -0.05) is 13.8 Å². The van der Waals surface area contributed by atoms with Gasteiger partial charge in [0.1, 0.15) is 11.5 Å². The zero-order valence-electron chi connectivity index (χ0n) is 21.5. The molecule has 0 radical (unpaired) electrons. The van der Waals surface area contributed by atoms with E-state index in [1.54, 1.807) is 0 Å². The van der Waals surface area contributed by atoms with Crippen LogP contribution in [0.3, 0.4) is 0 Å². The summed E-state index contributed by atoms with van der Waals surface area (Å²) in [6.45, 7) is 14.1. The van der Waals surface area contributed by atoms with Crippen LogP contribution in [0.25, 0.3) is 0 Å². The summed E-state index contributed by atoms with van der Waals surface area (Å²) in [4.78, 5) is 0. The molecule has 0 atom stereocenters. The maximum atomic E-state index is 6.16. The highest BCUT2D eigenvalue weighted by molar-refractivity contribution is 6.64. The second-order valence-electron chi connectivity index (χ2n) is 9.51. The minimum absolute atomic E-state index is 0.207. The number of rotatable bonds is 7. The van der Waals surface area contributed by atoms with Crippen LogP contribution < -0.4 is 33.9 Å². The number of hydrogen-bond acceptors (Lipinski definition) is 8.